The lowest BCUT2D eigenvalue weighted by atomic mass is 10.5. The summed E-state index contributed by atoms with van der Waals surface area (Å²) in [4.78, 5) is 2.49. The third kappa shape index (κ3) is 3.18. The van der Waals surface area contributed by atoms with Crippen LogP contribution in [0.25, 0.3) is 0 Å². The summed E-state index contributed by atoms with van der Waals surface area (Å²) in [5.74, 6) is 0. The molecule has 1 saturated heterocycles. The first-order valence-corrected chi connectivity index (χ1v) is 6.15. The molecule has 1 fully saturated rings. The molecule has 0 bridgehead atoms. The highest BCUT2D eigenvalue weighted by atomic mass is 32.2. The van der Waals surface area contributed by atoms with E-state index in [2.05, 4.69) is 4.83 Å². The van der Waals surface area contributed by atoms with E-state index in [9.17, 15) is 8.42 Å². The zero-order chi connectivity index (χ0) is 10.6. The Balaban J connectivity index is 2.49. The van der Waals surface area contributed by atoms with Crippen LogP contribution in [0.5, 0.6) is 0 Å². The van der Waals surface area contributed by atoms with Crippen LogP contribution < -0.4 is 10.6 Å². The summed E-state index contributed by atoms with van der Waals surface area (Å²) in [5.41, 5.74) is 5.30. The molecule has 0 aromatic heterocycles. The van der Waals surface area contributed by atoms with Crippen molar-refractivity contribution in [1.82, 2.24) is 9.84 Å². The van der Waals surface area contributed by atoms with Crippen LogP contribution in [0.1, 0.15) is 6.92 Å². The van der Waals surface area contributed by atoms with Crippen LogP contribution in [-0.2, 0) is 14.8 Å². The molecule has 0 saturated carbocycles. The second-order valence-corrected chi connectivity index (χ2v) is 5.36. The molecule has 0 radical (unpaired) electrons. The Labute approximate surface area is 84.4 Å². The van der Waals surface area contributed by atoms with Crippen LogP contribution in [0.2, 0.25) is 0 Å². The van der Waals surface area contributed by atoms with Gasteiger partial charge in [0, 0.05) is 19.6 Å². The molecular weight excluding hydrogens is 206 g/mol. The van der Waals surface area contributed by atoms with Crippen LogP contribution in [0.15, 0.2) is 0 Å². The number of hydrazine groups is 1. The number of sulfonamides is 1. The predicted octanol–water partition coefficient (Wildman–Crippen LogP) is -1.50. The first-order chi connectivity index (χ1) is 6.56. The molecule has 0 aliphatic carbocycles. The van der Waals surface area contributed by atoms with E-state index in [1.807, 2.05) is 0 Å². The molecule has 6 nitrogen and oxygen atoms in total. The number of nitrogens with two attached hydrogens (primary N) is 1. The number of ether oxygens (including phenoxy) is 1. The van der Waals surface area contributed by atoms with Crippen LogP contribution in [-0.4, -0.2) is 51.5 Å². The van der Waals surface area contributed by atoms with E-state index in [-0.39, 0.29) is 6.54 Å². The lowest BCUT2D eigenvalue weighted by Gasteiger charge is -2.27. The van der Waals surface area contributed by atoms with Gasteiger partial charge >= 0.3 is 0 Å². The molecule has 7 heteroatoms. The van der Waals surface area contributed by atoms with Crippen LogP contribution in [0, 0.1) is 0 Å². The maximum Gasteiger partial charge on any atom is 0.228 e. The standard InChI is InChI=1S/C7H17N3O3S/c1-7(6-8)14(11,12)9-10-2-4-13-5-3-10/h7,9H,2-6,8H2,1H3. The zero-order valence-electron chi connectivity index (χ0n) is 8.27. The van der Waals surface area contributed by atoms with Crippen molar-refractivity contribution in [3.05, 3.63) is 0 Å². The van der Waals surface area contributed by atoms with Gasteiger partial charge in [0.15, 0.2) is 0 Å². The maximum atomic E-state index is 11.6. The van der Waals surface area contributed by atoms with Crippen molar-refractivity contribution in [3.63, 3.8) is 0 Å². The quantitative estimate of drug-likeness (QED) is 0.606. The molecule has 1 aliphatic rings. The summed E-state index contributed by atoms with van der Waals surface area (Å²) in [6.07, 6.45) is 0. The van der Waals surface area contributed by atoms with E-state index in [4.69, 9.17) is 10.5 Å². The van der Waals surface area contributed by atoms with E-state index in [1.54, 1.807) is 11.9 Å². The van der Waals surface area contributed by atoms with Crippen molar-refractivity contribution in [1.29, 1.82) is 0 Å². The van der Waals surface area contributed by atoms with Gasteiger partial charge in [-0.05, 0) is 6.92 Å². The van der Waals surface area contributed by atoms with Crippen molar-refractivity contribution >= 4 is 10.0 Å². The van der Waals surface area contributed by atoms with Crippen LogP contribution in [0.3, 0.4) is 0 Å². The molecule has 3 N–H and O–H groups in total. The van der Waals surface area contributed by atoms with Crippen molar-refractivity contribution in [3.8, 4) is 0 Å². The molecule has 0 amide bonds. The minimum Gasteiger partial charge on any atom is -0.379 e. The lowest BCUT2D eigenvalue weighted by molar-refractivity contribution is 0.0271. The second-order valence-electron chi connectivity index (χ2n) is 3.28. The smallest absolute Gasteiger partial charge is 0.228 e. The highest BCUT2D eigenvalue weighted by molar-refractivity contribution is 7.90. The Hall–Kier alpha value is -0.210. The van der Waals surface area contributed by atoms with Crippen molar-refractivity contribution in [2.75, 3.05) is 32.8 Å². The summed E-state index contributed by atoms with van der Waals surface area (Å²) >= 11 is 0. The minimum atomic E-state index is -3.31. The number of nitrogens with zero attached hydrogens (tertiary/aromatic N) is 1. The fourth-order valence-corrected chi connectivity index (χ4v) is 2.03. The van der Waals surface area contributed by atoms with Gasteiger partial charge in [-0.1, -0.05) is 0 Å². The highest BCUT2D eigenvalue weighted by Gasteiger charge is 2.23. The number of hydrogen-bond donors (Lipinski definition) is 2. The van der Waals surface area contributed by atoms with Gasteiger partial charge in [0.05, 0.1) is 18.5 Å². The molecule has 14 heavy (non-hydrogen) atoms. The van der Waals surface area contributed by atoms with Gasteiger partial charge < -0.3 is 10.5 Å². The predicted molar refractivity (Wildman–Crippen MR) is 53.0 cm³/mol. The van der Waals surface area contributed by atoms with E-state index in [0.29, 0.717) is 26.3 Å². The maximum absolute atomic E-state index is 11.6. The van der Waals surface area contributed by atoms with Crippen molar-refractivity contribution in [2.45, 2.75) is 12.2 Å². The summed E-state index contributed by atoms with van der Waals surface area (Å²) in [7, 11) is -3.31. The zero-order valence-corrected chi connectivity index (χ0v) is 9.09. The Kier molecular flexibility index (Phi) is 4.27. The Morgan fingerprint density at radius 1 is 1.50 bits per heavy atom. The Morgan fingerprint density at radius 2 is 2.07 bits per heavy atom. The monoisotopic (exact) mass is 223 g/mol. The fourth-order valence-electron chi connectivity index (χ4n) is 1.05. The van der Waals surface area contributed by atoms with E-state index >= 15 is 0 Å². The van der Waals surface area contributed by atoms with Gasteiger partial charge in [-0.15, -0.1) is 4.83 Å². The van der Waals surface area contributed by atoms with Gasteiger partial charge in [0.1, 0.15) is 0 Å². The van der Waals surface area contributed by atoms with Gasteiger partial charge in [-0.25, -0.2) is 13.4 Å². The van der Waals surface area contributed by atoms with Gasteiger partial charge in [0.2, 0.25) is 10.0 Å². The summed E-state index contributed by atoms with van der Waals surface area (Å²) in [6, 6.07) is 0. The number of nitrogens with one attached hydrogen (secondary N) is 1. The molecule has 0 aromatic rings. The first kappa shape index (κ1) is 11.9. The Bertz CT molecular complexity index is 261. The molecule has 1 unspecified atom stereocenters. The van der Waals surface area contributed by atoms with E-state index in [1.165, 1.54) is 0 Å². The van der Waals surface area contributed by atoms with Crippen LogP contribution in [0.4, 0.5) is 0 Å². The largest absolute Gasteiger partial charge is 0.379 e. The fraction of sp³-hybridized carbons (Fsp3) is 1.00. The minimum absolute atomic E-state index is 0.125. The molecule has 1 aliphatic heterocycles. The number of rotatable bonds is 4. The molecule has 0 aromatic carbocycles. The summed E-state index contributed by atoms with van der Waals surface area (Å²) in [6.45, 7) is 3.98. The topological polar surface area (TPSA) is 84.7 Å². The molecule has 0 spiro atoms. The molecule has 1 rings (SSSR count). The SMILES string of the molecule is CC(CN)S(=O)(=O)NN1CCOCC1. The normalized spacial score (nSPS) is 22.1. The lowest BCUT2D eigenvalue weighted by Crippen LogP contribution is -2.51. The third-order valence-corrected chi connectivity index (χ3v) is 3.89. The van der Waals surface area contributed by atoms with E-state index in [0.717, 1.165) is 0 Å². The first-order valence-electron chi connectivity index (χ1n) is 4.60. The van der Waals surface area contributed by atoms with Gasteiger partial charge in [-0.2, -0.15) is 0 Å². The Morgan fingerprint density at radius 3 is 2.57 bits per heavy atom. The summed E-state index contributed by atoms with van der Waals surface area (Å²) in [5, 5.41) is 1.08. The van der Waals surface area contributed by atoms with Crippen molar-refractivity contribution < 1.29 is 13.2 Å². The van der Waals surface area contributed by atoms with E-state index < -0.39 is 15.3 Å². The summed E-state index contributed by atoms with van der Waals surface area (Å²) < 4.78 is 28.2. The second kappa shape index (κ2) is 5.04. The van der Waals surface area contributed by atoms with Crippen LogP contribution >= 0.6 is 0 Å². The van der Waals surface area contributed by atoms with Gasteiger partial charge in [0.25, 0.3) is 0 Å². The molecular formula is C7H17N3O3S. The third-order valence-electron chi connectivity index (χ3n) is 2.13. The average Bonchev–Trinajstić information content (AvgIpc) is 2.17. The molecule has 1 atom stereocenters. The number of morpholine rings is 1. The molecule has 1 heterocycles. The van der Waals surface area contributed by atoms with Gasteiger partial charge in [-0.3, -0.25) is 0 Å². The average molecular weight is 223 g/mol. The van der Waals surface area contributed by atoms with Crippen molar-refractivity contribution in [2.24, 2.45) is 5.73 Å². The number of hydrogen-bond acceptors (Lipinski definition) is 5. The molecule has 84 valence electrons. The highest BCUT2D eigenvalue weighted by Crippen LogP contribution is 2.00.